The van der Waals surface area contributed by atoms with Gasteiger partial charge < -0.3 is 9.63 Å². The molecule has 0 aliphatic heterocycles. The van der Waals surface area contributed by atoms with Crippen molar-refractivity contribution in [2.24, 2.45) is 10.8 Å². The molecule has 0 aromatic heterocycles. The average Bonchev–Trinajstić information content (AvgIpc) is 2.57. The minimum absolute atomic E-state index is 0.0552. The number of carbonyl (C=O) groups is 2. The second-order valence-electron chi connectivity index (χ2n) is 5.86. The van der Waals surface area contributed by atoms with Crippen LogP contribution in [0.3, 0.4) is 0 Å². The highest BCUT2D eigenvalue weighted by Gasteiger charge is 2.49. The number of rotatable bonds is 5. The molecule has 5 nitrogen and oxygen atoms in total. The molecule has 0 bridgehead atoms. The van der Waals surface area contributed by atoms with Gasteiger partial charge in [0.25, 0.3) is 0 Å². The van der Waals surface area contributed by atoms with Gasteiger partial charge in [-0.25, -0.2) is 4.79 Å². The predicted octanol–water partition coefficient (Wildman–Crippen LogP) is 4.42. The van der Waals surface area contributed by atoms with Crippen LogP contribution in [0.25, 0.3) is 0 Å². The van der Waals surface area contributed by atoms with Gasteiger partial charge in [0.15, 0.2) is 5.78 Å². The van der Waals surface area contributed by atoms with Crippen molar-refractivity contribution >= 4 is 26.5 Å². The maximum Gasteiger partial charge on any atom is 0.314 e. The van der Waals surface area contributed by atoms with Crippen LogP contribution in [0.15, 0.2) is 30.8 Å². The maximum atomic E-state index is 12.6. The molecule has 1 aromatic carbocycles. The molecule has 0 radical (unpaired) electrons. The quantitative estimate of drug-likeness (QED) is 0.473. The van der Waals surface area contributed by atoms with Gasteiger partial charge in [0.1, 0.15) is 11.7 Å². The van der Waals surface area contributed by atoms with Gasteiger partial charge >= 0.3 is 5.97 Å². The van der Waals surface area contributed by atoms with Gasteiger partial charge in [-0.15, -0.1) is 0 Å². The minimum atomic E-state index is -0.940. The third-order valence-electron chi connectivity index (χ3n) is 3.96. The molecule has 25 heavy (non-hydrogen) atoms. The molecule has 0 fully saturated rings. The van der Waals surface area contributed by atoms with Crippen molar-refractivity contribution in [2.75, 3.05) is 6.66 Å². The molecule has 0 saturated carbocycles. The van der Waals surface area contributed by atoms with E-state index in [4.69, 9.17) is 9.32 Å². The Morgan fingerprint density at radius 3 is 1.84 bits per heavy atom. The van der Waals surface area contributed by atoms with Crippen LogP contribution in [-0.4, -0.2) is 29.5 Å². The highest BCUT2D eigenvalue weighted by Crippen LogP contribution is 2.43. The number of phenolic OH excluding ortho intramolecular Hbond substituents is 1. The van der Waals surface area contributed by atoms with Gasteiger partial charge in [-0.3, -0.25) is 9.59 Å². The lowest BCUT2D eigenvalue weighted by Crippen LogP contribution is -2.45. The van der Waals surface area contributed by atoms with Crippen molar-refractivity contribution in [2.45, 2.75) is 41.5 Å². The van der Waals surface area contributed by atoms with Crippen LogP contribution < -0.4 is 0 Å². The van der Waals surface area contributed by atoms with Crippen molar-refractivity contribution in [3.8, 4) is 5.75 Å². The monoisotopic (exact) mass is 368 g/mol. The van der Waals surface area contributed by atoms with Gasteiger partial charge in [0.05, 0.1) is 14.2 Å². The van der Waals surface area contributed by atoms with Gasteiger partial charge in [0.2, 0.25) is 0 Å². The van der Waals surface area contributed by atoms with Gasteiger partial charge in [-0.1, -0.05) is 27.7 Å². The Morgan fingerprint density at radius 2 is 1.48 bits per heavy atom. The second kappa shape index (κ2) is 11.6. The predicted molar refractivity (Wildman–Crippen MR) is 103 cm³/mol. The summed E-state index contributed by atoms with van der Waals surface area (Å²) in [5.41, 5.74) is -1.39. The number of Topliss-reactive ketones (excluding diaryl/α,β-unsaturated/α-hetero) is 1. The fourth-order valence-corrected chi connectivity index (χ4v) is 2.17. The second-order valence-corrected chi connectivity index (χ2v) is 6.48. The Labute approximate surface area is 152 Å². The van der Waals surface area contributed by atoms with Crippen molar-refractivity contribution < 1.29 is 24.0 Å². The lowest BCUT2D eigenvalue weighted by Gasteiger charge is -2.37. The summed E-state index contributed by atoms with van der Waals surface area (Å²) in [6, 6.07) is 6.04. The number of hydrogen-bond acceptors (Lipinski definition) is 5. The van der Waals surface area contributed by atoms with Crippen LogP contribution >= 0.6 is 8.81 Å². The smallest absolute Gasteiger partial charge is 0.314 e. The number of phenols is 1. The van der Waals surface area contributed by atoms with Crippen LogP contribution in [0.1, 0.15) is 51.9 Å². The summed E-state index contributed by atoms with van der Waals surface area (Å²) in [4.78, 5) is 33.3. The van der Waals surface area contributed by atoms with E-state index in [1.165, 1.54) is 18.1 Å². The molecule has 0 spiro atoms. The van der Waals surface area contributed by atoms with Gasteiger partial charge in [0, 0.05) is 11.0 Å². The van der Waals surface area contributed by atoms with Crippen molar-refractivity contribution in [3.05, 3.63) is 36.4 Å². The van der Waals surface area contributed by atoms with E-state index >= 15 is 0 Å². The molecule has 0 heterocycles. The standard InChI is InChI=1S/C15H21O4P.C2H2O.C2H6/c1-14(2,15(3,4)13(18)19-20-5)12(17)10-6-8-11(16)9-7-10;1-2-3;1-2/h6-9,16,20H,1-5H3;1H2;1-2H3. The van der Waals surface area contributed by atoms with Gasteiger partial charge in [-0.05, 0) is 51.4 Å². The molecule has 6 heteroatoms. The lowest BCUT2D eigenvalue weighted by atomic mass is 9.64. The fourth-order valence-electron chi connectivity index (χ4n) is 1.73. The van der Waals surface area contributed by atoms with Crippen LogP contribution in [-0.2, 0) is 14.1 Å². The van der Waals surface area contributed by atoms with Crippen LogP contribution in [0, 0.1) is 10.8 Å². The number of benzene rings is 1. The molecule has 1 unspecified atom stereocenters. The van der Waals surface area contributed by atoms with E-state index in [9.17, 15) is 14.7 Å². The van der Waals surface area contributed by atoms with Gasteiger partial charge in [-0.2, -0.15) is 0 Å². The molecule has 0 saturated heterocycles. The Balaban J connectivity index is 0. The summed E-state index contributed by atoms with van der Waals surface area (Å²) in [6.07, 6.45) is 0. The topological polar surface area (TPSA) is 80.7 Å². The molecule has 1 aromatic rings. The first-order valence-corrected chi connectivity index (χ1v) is 9.33. The van der Waals surface area contributed by atoms with E-state index in [0.29, 0.717) is 5.56 Å². The SMILES string of the molecule is C=C=O.CC.CPOC(=O)C(C)(C)C(C)(C)C(=O)c1ccc(O)cc1. The summed E-state index contributed by atoms with van der Waals surface area (Å²) in [6.45, 7) is 15.4. The molecule has 0 aliphatic rings. The first-order chi connectivity index (χ1) is 11.6. The largest absolute Gasteiger partial charge is 0.508 e. The highest BCUT2D eigenvalue weighted by atomic mass is 31.1. The van der Waals surface area contributed by atoms with Crippen LogP contribution in [0.4, 0.5) is 0 Å². The summed E-state index contributed by atoms with van der Waals surface area (Å²) in [5.74, 6) is 0.819. The van der Waals surface area contributed by atoms with Crippen molar-refractivity contribution in [1.29, 1.82) is 0 Å². The lowest BCUT2D eigenvalue weighted by molar-refractivity contribution is -0.147. The summed E-state index contributed by atoms with van der Waals surface area (Å²) in [5, 5.41) is 9.27. The van der Waals surface area contributed by atoms with Crippen LogP contribution in [0.2, 0.25) is 0 Å². The Morgan fingerprint density at radius 1 is 1.08 bits per heavy atom. The van der Waals surface area contributed by atoms with E-state index in [0.717, 1.165) is 0 Å². The van der Waals surface area contributed by atoms with E-state index in [1.807, 2.05) is 13.8 Å². The zero-order chi connectivity index (χ0) is 20.3. The summed E-state index contributed by atoms with van der Waals surface area (Å²) >= 11 is 0. The maximum absolute atomic E-state index is 12.6. The number of ketones is 1. The third-order valence-corrected chi connectivity index (χ3v) is 4.35. The molecule has 1 atom stereocenters. The van der Waals surface area contributed by atoms with Crippen molar-refractivity contribution in [3.63, 3.8) is 0 Å². The molecule has 1 rings (SSSR count). The molecule has 140 valence electrons. The Kier molecular flexibility index (Phi) is 11.7. The summed E-state index contributed by atoms with van der Waals surface area (Å²) < 4.78 is 5.09. The number of aromatic hydroxyl groups is 1. The highest BCUT2D eigenvalue weighted by molar-refractivity contribution is 7.31. The average molecular weight is 368 g/mol. The van der Waals surface area contributed by atoms with E-state index in [1.54, 1.807) is 46.5 Å². The number of hydrogen-bond donors (Lipinski definition) is 1. The third kappa shape index (κ3) is 6.81. The van der Waals surface area contributed by atoms with E-state index in [-0.39, 0.29) is 26.3 Å². The normalized spacial score (nSPS) is 10.7. The molecule has 1 N–H and O–H groups in total. The molecule has 0 amide bonds. The number of carbonyl (C=O) groups excluding carboxylic acids is 3. The van der Waals surface area contributed by atoms with Crippen LogP contribution in [0.5, 0.6) is 5.75 Å². The first-order valence-electron chi connectivity index (χ1n) is 7.92. The first kappa shape index (κ1) is 25.3. The fraction of sp³-hybridized carbons (Fsp3) is 0.474. The molecular formula is C19H29O5P. The molecular weight excluding hydrogens is 339 g/mol. The van der Waals surface area contributed by atoms with E-state index in [2.05, 4.69) is 6.58 Å². The zero-order valence-corrected chi connectivity index (χ0v) is 17.1. The van der Waals surface area contributed by atoms with E-state index < -0.39 is 10.8 Å². The Bertz CT molecular complexity index is 582. The zero-order valence-electron chi connectivity index (χ0n) is 16.1. The summed E-state index contributed by atoms with van der Waals surface area (Å²) in [7, 11) is 0.0552. The minimum Gasteiger partial charge on any atom is -0.508 e. The molecule has 0 aliphatic carbocycles. The van der Waals surface area contributed by atoms with Crippen molar-refractivity contribution in [1.82, 2.24) is 0 Å². The Hall–Kier alpha value is -1.96.